The van der Waals surface area contributed by atoms with Crippen LogP contribution in [0.15, 0.2) is 0 Å². The first-order valence-corrected chi connectivity index (χ1v) is 5.02. The fraction of sp³-hybridized carbons (Fsp3) is 0.857. The molecule has 0 spiro atoms. The van der Waals surface area contributed by atoms with Crippen molar-refractivity contribution in [1.82, 2.24) is 0 Å². The molecule has 0 aliphatic rings. The van der Waals surface area contributed by atoms with Crippen LogP contribution in [0.1, 0.15) is 26.7 Å². The summed E-state index contributed by atoms with van der Waals surface area (Å²) in [5.74, 6) is 1.87. The molecule has 0 aromatic rings. The van der Waals surface area contributed by atoms with E-state index in [-0.39, 0.29) is 0 Å². The molecule has 10 heavy (non-hydrogen) atoms. The largest absolute Gasteiger partial charge is 0.385 e. The van der Waals surface area contributed by atoms with Crippen molar-refractivity contribution in [2.24, 2.45) is 11.7 Å². The Balaban J connectivity index is 3.34. The standard InChI is InChI=1S/C7H15NS2/c1-3-6(4-2)5-10-7(8)9/h6H,3-5H2,1-2H3,(H2,8,9). The van der Waals surface area contributed by atoms with Gasteiger partial charge in [0.2, 0.25) is 0 Å². The lowest BCUT2D eigenvalue weighted by molar-refractivity contribution is 0.554. The third-order valence-electron chi connectivity index (χ3n) is 1.62. The fourth-order valence-corrected chi connectivity index (χ4v) is 1.80. The second-order valence-corrected chi connectivity index (χ2v) is 4.07. The topological polar surface area (TPSA) is 26.0 Å². The second kappa shape index (κ2) is 5.98. The van der Waals surface area contributed by atoms with Gasteiger partial charge in [-0.15, -0.1) is 0 Å². The first kappa shape index (κ1) is 10.2. The van der Waals surface area contributed by atoms with E-state index in [0.717, 1.165) is 11.7 Å². The summed E-state index contributed by atoms with van der Waals surface area (Å²) in [6, 6.07) is 0. The zero-order valence-electron chi connectivity index (χ0n) is 6.59. The zero-order valence-corrected chi connectivity index (χ0v) is 8.23. The molecule has 0 rings (SSSR count). The number of thioether (sulfide) groups is 1. The summed E-state index contributed by atoms with van der Waals surface area (Å²) in [7, 11) is 0. The summed E-state index contributed by atoms with van der Waals surface area (Å²) >= 11 is 6.35. The van der Waals surface area contributed by atoms with Crippen LogP contribution in [0.4, 0.5) is 0 Å². The molecule has 0 aromatic carbocycles. The van der Waals surface area contributed by atoms with E-state index in [9.17, 15) is 0 Å². The quantitative estimate of drug-likeness (QED) is 0.668. The van der Waals surface area contributed by atoms with Gasteiger partial charge in [-0.1, -0.05) is 50.7 Å². The van der Waals surface area contributed by atoms with Crippen LogP contribution >= 0.6 is 24.0 Å². The predicted octanol–water partition coefficient (Wildman–Crippen LogP) is 2.40. The van der Waals surface area contributed by atoms with Crippen LogP contribution < -0.4 is 5.73 Å². The molecule has 3 heteroatoms. The zero-order chi connectivity index (χ0) is 7.98. The molecule has 0 aliphatic heterocycles. The van der Waals surface area contributed by atoms with Gasteiger partial charge in [0.15, 0.2) is 0 Å². The molecular formula is C7H15NS2. The normalized spacial score (nSPS) is 10.3. The van der Waals surface area contributed by atoms with Crippen molar-refractivity contribution in [1.29, 1.82) is 0 Å². The van der Waals surface area contributed by atoms with Crippen molar-refractivity contribution in [3.8, 4) is 0 Å². The maximum Gasteiger partial charge on any atom is 0.131 e. The number of hydrogen-bond donors (Lipinski definition) is 1. The average molecular weight is 177 g/mol. The Kier molecular flexibility index (Phi) is 6.13. The number of hydrogen-bond acceptors (Lipinski definition) is 2. The lowest BCUT2D eigenvalue weighted by Crippen LogP contribution is -2.07. The molecule has 0 fully saturated rings. The summed E-state index contributed by atoms with van der Waals surface area (Å²) in [6.45, 7) is 4.41. The molecule has 0 aliphatic carbocycles. The van der Waals surface area contributed by atoms with Crippen LogP contribution in [0.2, 0.25) is 0 Å². The summed E-state index contributed by atoms with van der Waals surface area (Å²) in [4.78, 5) is 0. The van der Waals surface area contributed by atoms with Crippen molar-refractivity contribution in [3.05, 3.63) is 0 Å². The first-order valence-electron chi connectivity index (χ1n) is 3.62. The van der Waals surface area contributed by atoms with Crippen LogP contribution in [0.3, 0.4) is 0 Å². The van der Waals surface area contributed by atoms with Crippen LogP contribution in [0.5, 0.6) is 0 Å². The Bertz CT molecular complexity index is 99.8. The van der Waals surface area contributed by atoms with E-state index in [1.54, 1.807) is 11.8 Å². The van der Waals surface area contributed by atoms with Crippen molar-refractivity contribution < 1.29 is 0 Å². The fourth-order valence-electron chi connectivity index (χ4n) is 0.724. The highest BCUT2D eigenvalue weighted by Crippen LogP contribution is 2.14. The molecule has 2 N–H and O–H groups in total. The molecule has 1 nitrogen and oxygen atoms in total. The van der Waals surface area contributed by atoms with Gasteiger partial charge in [0.05, 0.1) is 0 Å². The van der Waals surface area contributed by atoms with Gasteiger partial charge in [-0.2, -0.15) is 0 Å². The highest BCUT2D eigenvalue weighted by atomic mass is 32.2. The van der Waals surface area contributed by atoms with Crippen molar-refractivity contribution in [3.63, 3.8) is 0 Å². The van der Waals surface area contributed by atoms with Crippen molar-refractivity contribution in [2.75, 3.05) is 5.75 Å². The Labute approximate surface area is 72.8 Å². The molecule has 0 saturated heterocycles. The maximum atomic E-state index is 5.34. The lowest BCUT2D eigenvalue weighted by Gasteiger charge is -2.09. The minimum Gasteiger partial charge on any atom is -0.385 e. The summed E-state index contributed by atoms with van der Waals surface area (Å²) in [5.41, 5.74) is 5.34. The molecule has 0 unspecified atom stereocenters. The summed E-state index contributed by atoms with van der Waals surface area (Å²) in [5, 5.41) is 0. The van der Waals surface area contributed by atoms with Gasteiger partial charge in [0, 0.05) is 5.75 Å². The molecule has 0 amide bonds. The Morgan fingerprint density at radius 3 is 2.30 bits per heavy atom. The Morgan fingerprint density at radius 1 is 1.50 bits per heavy atom. The summed E-state index contributed by atoms with van der Waals surface area (Å²) in [6.07, 6.45) is 2.46. The van der Waals surface area contributed by atoms with Crippen LogP contribution in [0.25, 0.3) is 0 Å². The maximum absolute atomic E-state index is 5.34. The van der Waals surface area contributed by atoms with Gasteiger partial charge in [0.1, 0.15) is 4.32 Å². The van der Waals surface area contributed by atoms with Gasteiger partial charge < -0.3 is 5.73 Å². The minimum atomic E-state index is 0.576. The van der Waals surface area contributed by atoms with Crippen LogP contribution in [0, 0.1) is 5.92 Å². The van der Waals surface area contributed by atoms with E-state index in [1.807, 2.05) is 0 Å². The molecule has 0 saturated carbocycles. The van der Waals surface area contributed by atoms with Gasteiger partial charge in [0.25, 0.3) is 0 Å². The summed E-state index contributed by atoms with van der Waals surface area (Å²) < 4.78 is 0.576. The number of nitrogens with two attached hydrogens (primary N) is 1. The third kappa shape index (κ3) is 5.06. The lowest BCUT2D eigenvalue weighted by atomic mass is 10.1. The monoisotopic (exact) mass is 177 g/mol. The predicted molar refractivity (Wildman–Crippen MR) is 53.3 cm³/mol. The number of rotatable bonds is 4. The molecule has 0 radical (unpaired) electrons. The third-order valence-corrected chi connectivity index (χ3v) is 2.89. The minimum absolute atomic E-state index is 0.576. The molecular weight excluding hydrogens is 162 g/mol. The van der Waals surface area contributed by atoms with Crippen molar-refractivity contribution >= 4 is 28.3 Å². The molecule has 60 valence electrons. The molecule has 0 aromatic heterocycles. The highest BCUT2D eigenvalue weighted by molar-refractivity contribution is 8.22. The first-order chi connectivity index (χ1) is 4.70. The van der Waals surface area contributed by atoms with Crippen LogP contribution in [-0.2, 0) is 0 Å². The average Bonchev–Trinajstić information content (AvgIpc) is 1.90. The second-order valence-electron chi connectivity index (χ2n) is 2.31. The Morgan fingerprint density at radius 2 is 2.00 bits per heavy atom. The number of thiocarbonyl (C=S) groups is 1. The van der Waals surface area contributed by atoms with Gasteiger partial charge in [-0.3, -0.25) is 0 Å². The van der Waals surface area contributed by atoms with E-state index in [4.69, 9.17) is 18.0 Å². The van der Waals surface area contributed by atoms with Crippen molar-refractivity contribution in [2.45, 2.75) is 26.7 Å². The van der Waals surface area contributed by atoms with E-state index in [0.29, 0.717) is 4.32 Å². The SMILES string of the molecule is CCC(CC)CSC(N)=S. The molecule has 0 bridgehead atoms. The van der Waals surface area contributed by atoms with Gasteiger partial charge >= 0.3 is 0 Å². The van der Waals surface area contributed by atoms with E-state index < -0.39 is 0 Å². The molecule has 0 atom stereocenters. The molecule has 0 heterocycles. The van der Waals surface area contributed by atoms with Crippen LogP contribution in [-0.4, -0.2) is 10.1 Å². The Hall–Kier alpha value is 0.240. The highest BCUT2D eigenvalue weighted by Gasteiger charge is 2.03. The smallest absolute Gasteiger partial charge is 0.131 e. The van der Waals surface area contributed by atoms with Gasteiger partial charge in [-0.05, 0) is 5.92 Å². The van der Waals surface area contributed by atoms with E-state index in [2.05, 4.69) is 13.8 Å². The van der Waals surface area contributed by atoms with Gasteiger partial charge in [-0.25, -0.2) is 0 Å². The van der Waals surface area contributed by atoms with E-state index >= 15 is 0 Å². The van der Waals surface area contributed by atoms with E-state index in [1.165, 1.54) is 12.8 Å².